The second-order valence-electron chi connectivity index (χ2n) is 4.63. The van der Waals surface area contributed by atoms with Crippen molar-refractivity contribution in [2.24, 2.45) is 5.92 Å². The molecule has 1 aliphatic rings. The first-order valence-electron chi connectivity index (χ1n) is 5.72. The highest BCUT2D eigenvalue weighted by Gasteiger charge is 2.33. The van der Waals surface area contributed by atoms with Crippen LogP contribution in [0.3, 0.4) is 0 Å². The van der Waals surface area contributed by atoms with E-state index in [4.69, 9.17) is 16.3 Å². The van der Waals surface area contributed by atoms with E-state index in [1.807, 2.05) is 6.92 Å². The molecule has 0 amide bonds. The number of ether oxygens (including phenoxy) is 1. The van der Waals surface area contributed by atoms with Crippen molar-refractivity contribution in [2.45, 2.75) is 31.7 Å². The minimum Gasteiger partial charge on any atom is -0.376 e. The predicted octanol–water partition coefficient (Wildman–Crippen LogP) is 3.98. The van der Waals surface area contributed by atoms with Gasteiger partial charge >= 0.3 is 0 Å². The predicted molar refractivity (Wildman–Crippen MR) is 63.2 cm³/mol. The van der Waals surface area contributed by atoms with Crippen molar-refractivity contribution in [1.29, 1.82) is 0 Å². The van der Waals surface area contributed by atoms with E-state index in [0.29, 0.717) is 6.61 Å². The first-order chi connectivity index (χ1) is 8.00. The molecule has 0 aromatic heterocycles. The molecule has 0 bridgehead atoms. The maximum Gasteiger partial charge on any atom is 0.128 e. The molecule has 3 atom stereocenters. The summed E-state index contributed by atoms with van der Waals surface area (Å²) in [6.07, 6.45) is 0.664. The van der Waals surface area contributed by atoms with Crippen molar-refractivity contribution >= 4 is 11.6 Å². The van der Waals surface area contributed by atoms with Crippen LogP contribution in [0.15, 0.2) is 12.1 Å². The van der Waals surface area contributed by atoms with Gasteiger partial charge in [-0.3, -0.25) is 0 Å². The standard InChI is InChI=1S/C13H15ClF2O/c1-7-3-4-17-13(7)12(14)9-6-10(15)8(2)5-11(9)16/h5-7,12-13H,3-4H2,1-2H3. The third-order valence-corrected chi connectivity index (χ3v) is 3.79. The number of aryl methyl sites for hydroxylation is 1. The van der Waals surface area contributed by atoms with Crippen molar-refractivity contribution in [3.05, 3.63) is 34.9 Å². The Morgan fingerprint density at radius 1 is 1.35 bits per heavy atom. The lowest BCUT2D eigenvalue weighted by Crippen LogP contribution is -2.20. The summed E-state index contributed by atoms with van der Waals surface area (Å²) in [5.74, 6) is -0.634. The van der Waals surface area contributed by atoms with E-state index in [2.05, 4.69) is 0 Å². The van der Waals surface area contributed by atoms with Crippen molar-refractivity contribution < 1.29 is 13.5 Å². The second-order valence-corrected chi connectivity index (χ2v) is 5.10. The van der Waals surface area contributed by atoms with Gasteiger partial charge in [0.25, 0.3) is 0 Å². The molecular formula is C13H15ClF2O. The van der Waals surface area contributed by atoms with Gasteiger partial charge < -0.3 is 4.74 Å². The minimum absolute atomic E-state index is 0.188. The Bertz CT molecular complexity index is 422. The number of halogens is 3. The third kappa shape index (κ3) is 2.45. The smallest absolute Gasteiger partial charge is 0.128 e. The summed E-state index contributed by atoms with van der Waals surface area (Å²) >= 11 is 6.21. The fraction of sp³-hybridized carbons (Fsp3) is 0.538. The minimum atomic E-state index is -0.636. The largest absolute Gasteiger partial charge is 0.376 e. The zero-order valence-corrected chi connectivity index (χ0v) is 10.6. The fourth-order valence-electron chi connectivity index (χ4n) is 2.14. The highest BCUT2D eigenvalue weighted by molar-refractivity contribution is 6.21. The highest BCUT2D eigenvalue weighted by atomic mass is 35.5. The number of benzene rings is 1. The molecule has 17 heavy (non-hydrogen) atoms. The van der Waals surface area contributed by atoms with E-state index in [0.717, 1.165) is 6.42 Å². The molecule has 3 unspecified atom stereocenters. The van der Waals surface area contributed by atoms with E-state index in [1.165, 1.54) is 19.1 Å². The van der Waals surface area contributed by atoms with E-state index in [1.54, 1.807) is 0 Å². The van der Waals surface area contributed by atoms with Gasteiger partial charge in [-0.1, -0.05) is 6.92 Å². The van der Waals surface area contributed by atoms with Gasteiger partial charge in [0.1, 0.15) is 11.6 Å². The second kappa shape index (κ2) is 4.91. The maximum atomic E-state index is 13.8. The molecule has 1 aromatic carbocycles. The SMILES string of the molecule is Cc1cc(F)c(C(Cl)C2OCCC2C)cc1F. The molecule has 1 aromatic rings. The lowest BCUT2D eigenvalue weighted by atomic mass is 9.96. The lowest BCUT2D eigenvalue weighted by molar-refractivity contribution is 0.0895. The Balaban J connectivity index is 2.30. The van der Waals surface area contributed by atoms with Crippen molar-refractivity contribution in [2.75, 3.05) is 6.61 Å². The summed E-state index contributed by atoms with van der Waals surface area (Å²) in [6, 6.07) is 2.36. The Labute approximate surface area is 105 Å². The van der Waals surface area contributed by atoms with Gasteiger partial charge in [0, 0.05) is 12.2 Å². The van der Waals surface area contributed by atoms with Crippen LogP contribution in [-0.4, -0.2) is 12.7 Å². The lowest BCUT2D eigenvalue weighted by Gasteiger charge is -2.21. The van der Waals surface area contributed by atoms with E-state index >= 15 is 0 Å². The summed E-state index contributed by atoms with van der Waals surface area (Å²) in [7, 11) is 0. The molecule has 94 valence electrons. The molecule has 0 saturated carbocycles. The molecule has 1 nitrogen and oxygen atoms in total. The molecule has 4 heteroatoms. The fourth-order valence-corrected chi connectivity index (χ4v) is 2.63. The average molecular weight is 261 g/mol. The van der Waals surface area contributed by atoms with Crippen LogP contribution in [0.1, 0.15) is 29.8 Å². The molecule has 1 aliphatic heterocycles. The zero-order valence-electron chi connectivity index (χ0n) is 9.84. The molecule has 0 spiro atoms. The van der Waals surface area contributed by atoms with Crippen LogP contribution >= 0.6 is 11.6 Å². The van der Waals surface area contributed by atoms with Crippen molar-refractivity contribution in [1.82, 2.24) is 0 Å². The van der Waals surface area contributed by atoms with E-state index in [-0.39, 0.29) is 23.1 Å². The average Bonchev–Trinajstić information content (AvgIpc) is 2.69. The van der Waals surface area contributed by atoms with Gasteiger partial charge in [0.15, 0.2) is 0 Å². The van der Waals surface area contributed by atoms with Crippen LogP contribution in [0.2, 0.25) is 0 Å². The van der Waals surface area contributed by atoms with Crippen LogP contribution in [0.4, 0.5) is 8.78 Å². The summed E-state index contributed by atoms with van der Waals surface area (Å²) in [5.41, 5.74) is 0.476. The molecule has 1 heterocycles. The van der Waals surface area contributed by atoms with E-state index in [9.17, 15) is 8.78 Å². The van der Waals surface area contributed by atoms with Crippen LogP contribution in [0.5, 0.6) is 0 Å². The summed E-state index contributed by atoms with van der Waals surface area (Å²) < 4.78 is 32.7. The first kappa shape index (κ1) is 12.8. The van der Waals surface area contributed by atoms with Gasteiger partial charge in [-0.05, 0) is 37.0 Å². The number of hydrogen-bond acceptors (Lipinski definition) is 1. The van der Waals surface area contributed by atoms with Gasteiger partial charge in [0.2, 0.25) is 0 Å². The van der Waals surface area contributed by atoms with Crippen LogP contribution in [-0.2, 0) is 4.74 Å². The van der Waals surface area contributed by atoms with Gasteiger partial charge in [-0.25, -0.2) is 8.78 Å². The van der Waals surface area contributed by atoms with Gasteiger partial charge in [-0.2, -0.15) is 0 Å². The van der Waals surface area contributed by atoms with Crippen molar-refractivity contribution in [3.63, 3.8) is 0 Å². The van der Waals surface area contributed by atoms with Crippen molar-refractivity contribution in [3.8, 4) is 0 Å². The third-order valence-electron chi connectivity index (χ3n) is 3.31. The van der Waals surface area contributed by atoms with Gasteiger partial charge in [-0.15, -0.1) is 11.6 Å². The quantitative estimate of drug-likeness (QED) is 0.731. The normalized spacial score (nSPS) is 26.2. The summed E-state index contributed by atoms with van der Waals surface area (Å²) in [5, 5.41) is -0.636. The monoisotopic (exact) mass is 260 g/mol. The van der Waals surface area contributed by atoms with Crippen LogP contribution in [0, 0.1) is 24.5 Å². The molecule has 0 radical (unpaired) electrons. The maximum absolute atomic E-state index is 13.8. The van der Waals surface area contributed by atoms with Gasteiger partial charge in [0.05, 0.1) is 11.5 Å². The number of alkyl halides is 1. The topological polar surface area (TPSA) is 9.23 Å². The number of hydrogen-bond donors (Lipinski definition) is 0. The zero-order chi connectivity index (χ0) is 12.6. The first-order valence-corrected chi connectivity index (χ1v) is 6.15. The Morgan fingerprint density at radius 2 is 2.06 bits per heavy atom. The molecule has 1 fully saturated rings. The Hall–Kier alpha value is -0.670. The van der Waals surface area contributed by atoms with E-state index < -0.39 is 17.0 Å². The summed E-state index contributed by atoms with van der Waals surface area (Å²) in [4.78, 5) is 0. The van der Waals surface area contributed by atoms with Crippen LogP contribution < -0.4 is 0 Å². The molecule has 2 rings (SSSR count). The molecule has 0 N–H and O–H groups in total. The summed E-state index contributed by atoms with van der Waals surface area (Å²) in [6.45, 7) is 4.17. The molecule has 0 aliphatic carbocycles. The molecular weight excluding hydrogens is 246 g/mol. The Kier molecular flexibility index (Phi) is 3.69. The Morgan fingerprint density at radius 3 is 2.65 bits per heavy atom. The van der Waals surface area contributed by atoms with Crippen LogP contribution in [0.25, 0.3) is 0 Å². The molecule has 1 saturated heterocycles. The highest BCUT2D eigenvalue weighted by Crippen LogP contribution is 2.37. The number of rotatable bonds is 2.